The van der Waals surface area contributed by atoms with Crippen LogP contribution in [0.1, 0.15) is 82.5 Å². The molecule has 2 heterocycles. The van der Waals surface area contributed by atoms with Crippen molar-refractivity contribution >= 4 is 11.8 Å². The maximum atomic E-state index is 13.0. The van der Waals surface area contributed by atoms with Crippen molar-refractivity contribution in [3.63, 3.8) is 0 Å². The number of Topliss-reactive ketones (excluding diaryl/α,β-unsaturated/α-hetero) is 1. The molecule has 3 aromatic rings. The van der Waals surface area contributed by atoms with Crippen molar-refractivity contribution in [3.8, 4) is 0 Å². The van der Waals surface area contributed by atoms with E-state index in [2.05, 4.69) is 52.3 Å². The van der Waals surface area contributed by atoms with Crippen molar-refractivity contribution in [1.82, 2.24) is 9.80 Å². The van der Waals surface area contributed by atoms with E-state index in [9.17, 15) is 14.7 Å². The first-order chi connectivity index (χ1) is 19.0. The number of piperidine rings is 1. The lowest BCUT2D eigenvalue weighted by molar-refractivity contribution is 0.0696. The number of hydrogen-bond donors (Lipinski definition) is 1. The minimum atomic E-state index is -0.874. The highest BCUT2D eigenvalue weighted by Crippen LogP contribution is 2.25. The summed E-state index contributed by atoms with van der Waals surface area (Å²) in [6.07, 6.45) is 7.01. The van der Waals surface area contributed by atoms with Crippen LogP contribution in [0.2, 0.25) is 0 Å². The van der Waals surface area contributed by atoms with E-state index < -0.39 is 5.97 Å². The second-order valence-electron chi connectivity index (χ2n) is 11.3. The van der Waals surface area contributed by atoms with Gasteiger partial charge < -0.3 is 5.11 Å². The third-order valence-electron chi connectivity index (χ3n) is 8.48. The molecular formula is C35H44N2O3. The molecule has 212 valence electrons. The number of hydrogen-bond acceptors (Lipinski definition) is 4. The van der Waals surface area contributed by atoms with E-state index >= 15 is 0 Å². The highest BCUT2D eigenvalue weighted by Gasteiger charge is 2.21. The summed E-state index contributed by atoms with van der Waals surface area (Å²) in [7, 11) is 0. The number of nitrogens with zero attached hydrogens (tertiary/aromatic N) is 2. The van der Waals surface area contributed by atoms with Crippen molar-refractivity contribution in [2.24, 2.45) is 5.92 Å². The molecule has 5 nitrogen and oxygen atoms in total. The molecule has 0 unspecified atom stereocenters. The van der Waals surface area contributed by atoms with Crippen molar-refractivity contribution < 1.29 is 14.7 Å². The quantitative estimate of drug-likeness (QED) is 0.284. The van der Waals surface area contributed by atoms with Gasteiger partial charge in [0.1, 0.15) is 0 Å². The molecule has 0 aromatic heterocycles. The fourth-order valence-electron chi connectivity index (χ4n) is 6.13. The maximum absolute atomic E-state index is 13.0. The fraction of sp³-hybridized carbons (Fsp3) is 0.429. The van der Waals surface area contributed by atoms with E-state index in [1.54, 1.807) is 12.1 Å². The molecule has 0 atom stereocenters. The molecule has 0 spiro atoms. The summed E-state index contributed by atoms with van der Waals surface area (Å²) < 4.78 is 0. The third-order valence-corrected chi connectivity index (χ3v) is 8.48. The second kappa shape index (κ2) is 14.4. The van der Waals surface area contributed by atoms with Crippen LogP contribution in [0.4, 0.5) is 0 Å². The number of aromatic carboxylic acids is 1. The lowest BCUT2D eigenvalue weighted by Crippen LogP contribution is -2.33. The predicted molar refractivity (Wildman–Crippen MR) is 162 cm³/mol. The summed E-state index contributed by atoms with van der Waals surface area (Å²) in [6, 6.07) is 24.3. The summed E-state index contributed by atoms with van der Waals surface area (Å²) in [5.41, 5.74) is 6.38. The first-order valence-corrected chi connectivity index (χ1v) is 14.5. The van der Waals surface area contributed by atoms with Crippen molar-refractivity contribution in [1.29, 1.82) is 0 Å². The van der Waals surface area contributed by atoms with Gasteiger partial charge in [0.15, 0.2) is 5.78 Å². The van der Waals surface area contributed by atoms with Crippen LogP contribution in [0.5, 0.6) is 0 Å². The Labute approximate surface area is 239 Å². The van der Waals surface area contributed by atoms with E-state index in [4.69, 9.17) is 0 Å². The topological polar surface area (TPSA) is 60.9 Å². The Morgan fingerprint density at radius 2 is 1.40 bits per heavy atom. The van der Waals surface area contributed by atoms with E-state index in [-0.39, 0.29) is 13.2 Å². The average molecular weight is 541 g/mol. The summed E-state index contributed by atoms with van der Waals surface area (Å²) in [5.74, 6) is 0.0717. The fourth-order valence-corrected chi connectivity index (χ4v) is 6.13. The van der Waals surface area contributed by atoms with Gasteiger partial charge in [-0.2, -0.15) is 0 Å². The molecule has 0 radical (unpaired) electrons. The Hall–Kier alpha value is -3.28. The molecule has 3 aromatic carbocycles. The molecule has 1 saturated heterocycles. The van der Waals surface area contributed by atoms with Gasteiger partial charge >= 0.3 is 5.97 Å². The minimum absolute atomic E-state index is 0. The number of carboxylic acid groups (broad SMARTS) is 1. The molecule has 1 fully saturated rings. The zero-order valence-electron chi connectivity index (χ0n) is 22.9. The highest BCUT2D eigenvalue weighted by molar-refractivity contribution is 5.96. The minimum Gasteiger partial charge on any atom is -0.478 e. The van der Waals surface area contributed by atoms with Crippen LogP contribution in [-0.4, -0.2) is 52.8 Å². The van der Waals surface area contributed by atoms with Crippen LogP contribution in [-0.2, 0) is 25.9 Å². The first-order valence-electron chi connectivity index (χ1n) is 14.5. The van der Waals surface area contributed by atoms with Gasteiger partial charge in [-0.15, -0.1) is 0 Å². The number of carbonyl (C=O) groups is 2. The molecule has 0 aliphatic carbocycles. The summed E-state index contributed by atoms with van der Waals surface area (Å²) in [6.45, 7) is 5.93. The molecule has 2 aliphatic heterocycles. The Kier molecular flexibility index (Phi) is 10.7. The number of rotatable bonds is 10. The zero-order valence-corrected chi connectivity index (χ0v) is 22.9. The lowest BCUT2D eigenvalue weighted by Gasteiger charge is -2.32. The first kappa shape index (κ1) is 29.7. The number of ketones is 1. The van der Waals surface area contributed by atoms with Gasteiger partial charge in [0.05, 0.1) is 5.56 Å². The van der Waals surface area contributed by atoms with Gasteiger partial charge in [0.2, 0.25) is 0 Å². The largest absolute Gasteiger partial charge is 0.478 e. The van der Waals surface area contributed by atoms with E-state index in [0.29, 0.717) is 17.9 Å². The molecule has 2 aliphatic rings. The van der Waals surface area contributed by atoms with Gasteiger partial charge in [-0.25, -0.2) is 4.79 Å². The Morgan fingerprint density at radius 1 is 0.725 bits per heavy atom. The van der Waals surface area contributed by atoms with Crippen molar-refractivity contribution in [3.05, 3.63) is 106 Å². The smallest absolute Gasteiger partial charge is 0.335 e. The maximum Gasteiger partial charge on any atom is 0.335 e. The van der Waals surface area contributed by atoms with Crippen LogP contribution >= 0.6 is 0 Å². The van der Waals surface area contributed by atoms with Gasteiger partial charge in [0, 0.05) is 38.2 Å². The molecule has 40 heavy (non-hydrogen) atoms. The second-order valence-corrected chi connectivity index (χ2v) is 11.3. The van der Waals surface area contributed by atoms with Crippen LogP contribution in [0.15, 0.2) is 72.8 Å². The van der Waals surface area contributed by atoms with E-state index in [0.717, 1.165) is 88.9 Å². The number of benzene rings is 3. The predicted octanol–water partition coefficient (Wildman–Crippen LogP) is 6.89. The van der Waals surface area contributed by atoms with Gasteiger partial charge in [-0.05, 0) is 98.0 Å². The lowest BCUT2D eigenvalue weighted by atomic mass is 9.90. The van der Waals surface area contributed by atoms with Crippen molar-refractivity contribution in [2.75, 3.05) is 26.2 Å². The van der Waals surface area contributed by atoms with Crippen LogP contribution < -0.4 is 0 Å². The number of carboxylic acids is 1. The number of fused-ring (bicyclic) bond motifs is 1. The Bertz CT molecular complexity index is 1260. The molecular weight excluding hydrogens is 496 g/mol. The van der Waals surface area contributed by atoms with Crippen LogP contribution in [0.3, 0.4) is 0 Å². The Morgan fingerprint density at radius 3 is 2.15 bits per heavy atom. The third kappa shape index (κ3) is 8.12. The monoisotopic (exact) mass is 540 g/mol. The van der Waals surface area contributed by atoms with Gasteiger partial charge in [0.25, 0.3) is 0 Å². The average Bonchev–Trinajstić information content (AvgIpc) is 3.16. The highest BCUT2D eigenvalue weighted by atomic mass is 16.4. The van der Waals surface area contributed by atoms with Crippen LogP contribution in [0.25, 0.3) is 0 Å². The molecule has 5 heteroatoms. The molecule has 0 bridgehead atoms. The van der Waals surface area contributed by atoms with Crippen molar-refractivity contribution in [2.45, 2.75) is 65.5 Å². The zero-order chi connectivity index (χ0) is 27.0. The van der Waals surface area contributed by atoms with Gasteiger partial charge in [-0.1, -0.05) is 62.0 Å². The number of likely N-dealkylation sites (tertiary alicyclic amines) is 1. The van der Waals surface area contributed by atoms with Crippen LogP contribution in [0, 0.1) is 5.92 Å². The van der Waals surface area contributed by atoms with E-state index in [1.165, 1.54) is 16.7 Å². The molecule has 5 rings (SSSR count). The van der Waals surface area contributed by atoms with Gasteiger partial charge in [-0.3, -0.25) is 14.6 Å². The SMILES string of the molecule is C.O=C(O)c1cccc(CN2CCC(CCCC(=O)c3ccc4c(c3)CCN(Cc3ccccc3)CC4)CC2)c1. The Balaban J connectivity index is 0.00000370. The summed E-state index contributed by atoms with van der Waals surface area (Å²) >= 11 is 0. The normalized spacial score (nSPS) is 16.5. The molecule has 0 saturated carbocycles. The molecule has 0 amide bonds. The standard InChI is InChI=1S/C34H40N2O3.CH4/c37-33(11-5-8-26-14-18-35(19-15-26)25-28-9-4-10-32(22-28)34(38)39)31-13-12-29-16-20-36(21-17-30(29)23-31)24-27-6-2-1-3-7-27;/h1-4,6-7,9-10,12-13,22-23,26H,5,8,11,14-21,24-25H2,(H,38,39);1H4. The van der Waals surface area contributed by atoms with E-state index in [1.807, 2.05) is 18.2 Å². The summed E-state index contributed by atoms with van der Waals surface area (Å²) in [5, 5.41) is 9.22. The summed E-state index contributed by atoms with van der Waals surface area (Å²) in [4.78, 5) is 29.2. The number of carbonyl (C=O) groups excluding carboxylic acids is 1. The molecule has 1 N–H and O–H groups in total.